The smallest absolute Gasteiger partial charge is 0.256 e. The fraction of sp³-hybridized carbons (Fsp3) is 0.190. The third-order valence-corrected chi connectivity index (χ3v) is 5.62. The summed E-state index contributed by atoms with van der Waals surface area (Å²) in [6, 6.07) is 12.5. The molecule has 0 radical (unpaired) electrons. The summed E-state index contributed by atoms with van der Waals surface area (Å²) in [6.07, 6.45) is 0. The van der Waals surface area contributed by atoms with Crippen molar-refractivity contribution in [3.63, 3.8) is 0 Å². The molecule has 1 aliphatic heterocycles. The zero-order chi connectivity index (χ0) is 20.8. The predicted molar refractivity (Wildman–Crippen MR) is 110 cm³/mol. The van der Waals surface area contributed by atoms with Crippen LogP contribution in [-0.2, 0) is 12.1 Å². The topological polar surface area (TPSA) is 78.1 Å². The highest BCUT2D eigenvalue weighted by atomic mass is 79.9. The van der Waals surface area contributed by atoms with Gasteiger partial charge in [0.15, 0.2) is 5.82 Å². The Bertz CT molecular complexity index is 1110. The highest BCUT2D eigenvalue weighted by molar-refractivity contribution is 9.10. The Morgan fingerprint density at radius 2 is 1.90 bits per heavy atom. The van der Waals surface area contributed by atoms with E-state index in [4.69, 9.17) is 0 Å². The van der Waals surface area contributed by atoms with Gasteiger partial charge in [0.25, 0.3) is 11.8 Å². The Morgan fingerprint density at radius 1 is 1.17 bits per heavy atom. The predicted octanol–water partition coefficient (Wildman–Crippen LogP) is 4.45. The zero-order valence-corrected chi connectivity index (χ0v) is 17.4. The number of fused-ring (bicyclic) bond motifs is 1. The van der Waals surface area contributed by atoms with Crippen LogP contribution in [0, 0.1) is 5.82 Å². The molecule has 148 valence electrons. The van der Waals surface area contributed by atoms with E-state index in [0.717, 1.165) is 15.7 Å². The highest BCUT2D eigenvalue weighted by Crippen LogP contribution is 2.41. The molecule has 0 saturated heterocycles. The van der Waals surface area contributed by atoms with E-state index in [-0.39, 0.29) is 18.4 Å². The van der Waals surface area contributed by atoms with Crippen molar-refractivity contribution in [2.24, 2.45) is 0 Å². The molecule has 1 aliphatic rings. The second-order valence-electron chi connectivity index (χ2n) is 7.35. The van der Waals surface area contributed by atoms with Gasteiger partial charge < -0.3 is 10.2 Å². The summed E-state index contributed by atoms with van der Waals surface area (Å²) in [7, 11) is 0. The SMILES string of the molecule is CC1(C)c2[nH]nc(NC(=O)c3cccc(Br)c3)c2CN1C(=O)c1ccc(F)cc1. The van der Waals surface area contributed by atoms with Gasteiger partial charge in [-0.1, -0.05) is 22.0 Å². The van der Waals surface area contributed by atoms with E-state index < -0.39 is 11.4 Å². The van der Waals surface area contributed by atoms with E-state index in [1.54, 1.807) is 23.1 Å². The Labute approximate surface area is 175 Å². The van der Waals surface area contributed by atoms with Gasteiger partial charge in [0.05, 0.1) is 17.8 Å². The summed E-state index contributed by atoms with van der Waals surface area (Å²) in [5, 5.41) is 10.0. The number of nitrogens with one attached hydrogen (secondary N) is 2. The maximum atomic E-state index is 13.2. The standard InChI is InChI=1S/C21H18BrFN4O2/c1-21(2)17-16(11-27(21)20(29)12-6-8-15(23)9-7-12)18(26-25-17)24-19(28)13-4-3-5-14(22)10-13/h3-10H,11H2,1-2H3,(H2,24,25,26,28). The fourth-order valence-corrected chi connectivity index (χ4v) is 3.90. The quantitative estimate of drug-likeness (QED) is 0.610. The molecular formula is C21H18BrFN4O2. The number of hydrogen-bond donors (Lipinski definition) is 2. The lowest BCUT2D eigenvalue weighted by Gasteiger charge is -2.32. The number of amides is 2. The molecule has 29 heavy (non-hydrogen) atoms. The average Bonchev–Trinajstić information content (AvgIpc) is 3.20. The lowest BCUT2D eigenvalue weighted by molar-refractivity contribution is 0.0568. The number of nitrogens with zero attached hydrogens (tertiary/aromatic N) is 2. The van der Waals surface area contributed by atoms with Crippen molar-refractivity contribution < 1.29 is 14.0 Å². The monoisotopic (exact) mass is 456 g/mol. The number of rotatable bonds is 3. The number of carbonyl (C=O) groups is 2. The van der Waals surface area contributed by atoms with Crippen LogP contribution in [0.15, 0.2) is 53.0 Å². The largest absolute Gasteiger partial charge is 0.323 e. The summed E-state index contributed by atoms with van der Waals surface area (Å²) < 4.78 is 14.0. The number of aromatic nitrogens is 2. The number of benzene rings is 2. The van der Waals surface area contributed by atoms with Gasteiger partial charge in [0.1, 0.15) is 5.82 Å². The van der Waals surface area contributed by atoms with E-state index in [2.05, 4.69) is 31.4 Å². The van der Waals surface area contributed by atoms with Crippen LogP contribution in [-0.4, -0.2) is 26.9 Å². The minimum Gasteiger partial charge on any atom is -0.323 e. The van der Waals surface area contributed by atoms with Crippen LogP contribution in [0.1, 0.15) is 45.8 Å². The number of carbonyl (C=O) groups excluding carboxylic acids is 2. The van der Waals surface area contributed by atoms with Crippen LogP contribution >= 0.6 is 15.9 Å². The van der Waals surface area contributed by atoms with Gasteiger partial charge in [0, 0.05) is 21.2 Å². The van der Waals surface area contributed by atoms with Gasteiger partial charge in [-0.2, -0.15) is 5.10 Å². The molecule has 6 nitrogen and oxygen atoms in total. The molecule has 0 unspecified atom stereocenters. The minimum atomic E-state index is -0.660. The fourth-order valence-electron chi connectivity index (χ4n) is 3.50. The van der Waals surface area contributed by atoms with Crippen molar-refractivity contribution in [3.05, 3.63) is 81.2 Å². The summed E-state index contributed by atoms with van der Waals surface area (Å²) in [6.45, 7) is 4.08. The van der Waals surface area contributed by atoms with E-state index in [1.807, 2.05) is 19.9 Å². The second kappa shape index (κ2) is 7.11. The van der Waals surface area contributed by atoms with Gasteiger partial charge in [-0.05, 0) is 56.3 Å². The number of H-pyrrole nitrogens is 1. The maximum absolute atomic E-state index is 13.2. The molecule has 2 amide bonds. The van der Waals surface area contributed by atoms with Crippen molar-refractivity contribution in [3.8, 4) is 0 Å². The molecule has 0 bridgehead atoms. The highest BCUT2D eigenvalue weighted by Gasteiger charge is 2.44. The molecule has 1 aromatic heterocycles. The molecule has 3 aromatic rings. The maximum Gasteiger partial charge on any atom is 0.256 e. The first-order valence-electron chi connectivity index (χ1n) is 8.99. The molecule has 0 atom stereocenters. The van der Waals surface area contributed by atoms with Crippen LogP contribution in [0.3, 0.4) is 0 Å². The van der Waals surface area contributed by atoms with Crippen molar-refractivity contribution in [2.75, 3.05) is 5.32 Å². The Morgan fingerprint density at radius 3 is 2.59 bits per heavy atom. The number of anilines is 1. The van der Waals surface area contributed by atoms with E-state index in [1.165, 1.54) is 24.3 Å². The summed E-state index contributed by atoms with van der Waals surface area (Å²) in [5.74, 6) is -0.507. The van der Waals surface area contributed by atoms with Crippen molar-refractivity contribution in [1.29, 1.82) is 0 Å². The number of aromatic amines is 1. The lowest BCUT2D eigenvalue weighted by Crippen LogP contribution is -2.40. The van der Waals surface area contributed by atoms with Gasteiger partial charge in [-0.25, -0.2) is 4.39 Å². The third-order valence-electron chi connectivity index (χ3n) is 5.13. The molecular weight excluding hydrogens is 439 g/mol. The normalized spacial score (nSPS) is 14.6. The van der Waals surface area contributed by atoms with Crippen LogP contribution in [0.5, 0.6) is 0 Å². The van der Waals surface area contributed by atoms with Crippen LogP contribution in [0.4, 0.5) is 10.2 Å². The molecule has 0 fully saturated rings. The number of hydrogen-bond acceptors (Lipinski definition) is 3. The molecule has 4 rings (SSSR count). The van der Waals surface area contributed by atoms with Crippen molar-refractivity contribution >= 4 is 33.6 Å². The first-order valence-corrected chi connectivity index (χ1v) is 9.79. The van der Waals surface area contributed by atoms with Gasteiger partial charge in [-0.15, -0.1) is 0 Å². The first kappa shape index (κ1) is 19.3. The molecule has 0 spiro atoms. The van der Waals surface area contributed by atoms with Gasteiger partial charge in [0.2, 0.25) is 0 Å². The summed E-state index contributed by atoms with van der Waals surface area (Å²) in [5.41, 5.74) is 1.75. The lowest BCUT2D eigenvalue weighted by atomic mass is 10.00. The average molecular weight is 457 g/mol. The van der Waals surface area contributed by atoms with Crippen LogP contribution in [0.25, 0.3) is 0 Å². The molecule has 0 saturated carbocycles. The third kappa shape index (κ3) is 3.44. The Balaban J connectivity index is 1.60. The zero-order valence-electron chi connectivity index (χ0n) is 15.8. The Kier molecular flexibility index (Phi) is 4.74. The van der Waals surface area contributed by atoms with Crippen LogP contribution in [0.2, 0.25) is 0 Å². The van der Waals surface area contributed by atoms with Gasteiger partial charge >= 0.3 is 0 Å². The summed E-state index contributed by atoms with van der Waals surface area (Å²) >= 11 is 3.35. The second-order valence-corrected chi connectivity index (χ2v) is 8.26. The molecule has 2 heterocycles. The Hall–Kier alpha value is -3.00. The van der Waals surface area contributed by atoms with E-state index in [0.29, 0.717) is 16.9 Å². The van der Waals surface area contributed by atoms with E-state index >= 15 is 0 Å². The van der Waals surface area contributed by atoms with Crippen molar-refractivity contribution in [1.82, 2.24) is 15.1 Å². The molecule has 0 aliphatic carbocycles. The number of halogens is 2. The van der Waals surface area contributed by atoms with E-state index in [9.17, 15) is 14.0 Å². The first-order chi connectivity index (χ1) is 13.8. The molecule has 2 aromatic carbocycles. The van der Waals surface area contributed by atoms with Crippen molar-refractivity contribution in [2.45, 2.75) is 25.9 Å². The van der Waals surface area contributed by atoms with Crippen LogP contribution < -0.4 is 5.32 Å². The minimum absolute atomic E-state index is 0.219. The molecule has 8 heteroatoms. The molecule has 2 N–H and O–H groups in total. The van der Waals surface area contributed by atoms with Gasteiger partial charge in [-0.3, -0.25) is 14.7 Å². The summed E-state index contributed by atoms with van der Waals surface area (Å²) in [4.78, 5) is 27.3.